The van der Waals surface area contributed by atoms with Crippen LogP contribution >= 0.6 is 8.30 Å². The Hall–Kier alpha value is -2.03. The Morgan fingerprint density at radius 2 is 1.89 bits per heavy atom. The zero-order valence-electron chi connectivity index (χ0n) is 21.6. The van der Waals surface area contributed by atoms with Gasteiger partial charge in [0.2, 0.25) is 0 Å². The summed E-state index contributed by atoms with van der Waals surface area (Å²) in [5, 5.41) is 3.17. The average Bonchev–Trinajstić information content (AvgIpc) is 3.13. The van der Waals surface area contributed by atoms with Crippen LogP contribution in [-0.4, -0.2) is 58.4 Å². The smallest absolute Gasteiger partial charge is 0.351 e. The van der Waals surface area contributed by atoms with Crippen LogP contribution in [0.4, 0.5) is 11.5 Å². The fourth-order valence-corrected chi connectivity index (χ4v) is 7.02. The van der Waals surface area contributed by atoms with E-state index in [0.29, 0.717) is 29.4 Å². The highest BCUT2D eigenvalue weighted by Crippen LogP contribution is 2.48. The first-order chi connectivity index (χ1) is 16.7. The second kappa shape index (κ2) is 10.9. The number of methoxy groups -OCH3 is 1. The van der Waals surface area contributed by atoms with Crippen molar-refractivity contribution in [1.29, 1.82) is 0 Å². The van der Waals surface area contributed by atoms with E-state index in [4.69, 9.17) is 18.7 Å². The van der Waals surface area contributed by atoms with Crippen molar-refractivity contribution in [2.45, 2.75) is 84.1 Å². The number of benzene rings is 1. The lowest BCUT2D eigenvalue weighted by molar-refractivity contribution is -0.0546. The van der Waals surface area contributed by atoms with Gasteiger partial charge < -0.3 is 24.1 Å². The summed E-state index contributed by atoms with van der Waals surface area (Å²) < 4.78 is 28.9. The van der Waals surface area contributed by atoms with E-state index in [1.165, 1.54) is 4.57 Å². The highest BCUT2D eigenvalue weighted by Gasteiger charge is 2.48. The van der Waals surface area contributed by atoms with Crippen molar-refractivity contribution in [2.75, 3.05) is 19.1 Å². The molecular weight excluding hydrogens is 467 g/mol. The molecular formula is C25H37N4O5P. The zero-order chi connectivity index (χ0) is 25.3. The molecule has 1 aromatic carbocycles. The molecule has 5 unspecified atom stereocenters. The lowest BCUT2D eigenvalue weighted by Crippen LogP contribution is -2.40. The van der Waals surface area contributed by atoms with Gasteiger partial charge in [-0.25, -0.2) is 4.79 Å². The summed E-state index contributed by atoms with van der Waals surface area (Å²) in [5.74, 6) is 1.52. The summed E-state index contributed by atoms with van der Waals surface area (Å²) >= 11 is 0. The monoisotopic (exact) mass is 504 g/mol. The van der Waals surface area contributed by atoms with Gasteiger partial charge in [-0.05, 0) is 52.9 Å². The van der Waals surface area contributed by atoms with Crippen molar-refractivity contribution in [1.82, 2.24) is 14.2 Å². The Labute approximate surface area is 208 Å². The lowest BCUT2D eigenvalue weighted by Gasteiger charge is -2.38. The minimum atomic E-state index is -0.901. The lowest BCUT2D eigenvalue weighted by atomic mass is 10.1. The summed E-state index contributed by atoms with van der Waals surface area (Å²) in [6, 6.07) is 8.22. The number of nitrogens with one attached hydrogen (secondary N) is 1. The van der Waals surface area contributed by atoms with Crippen LogP contribution in [0.3, 0.4) is 0 Å². The van der Waals surface area contributed by atoms with Crippen molar-refractivity contribution in [3.8, 4) is 11.5 Å². The summed E-state index contributed by atoms with van der Waals surface area (Å²) in [6.07, 6.45) is 1.70. The molecule has 0 radical (unpaired) electrons. The van der Waals surface area contributed by atoms with Gasteiger partial charge in [0.1, 0.15) is 20.5 Å². The number of hydrogen-bond acceptors (Lipinski definition) is 8. The van der Waals surface area contributed by atoms with Gasteiger partial charge in [0.15, 0.2) is 23.5 Å². The second-order valence-corrected chi connectivity index (χ2v) is 11.1. The maximum Gasteiger partial charge on any atom is 0.351 e. The van der Waals surface area contributed by atoms with Crippen LogP contribution in [0.1, 0.15) is 53.7 Å². The molecule has 0 aliphatic carbocycles. The molecule has 10 heteroatoms. The molecule has 2 aliphatic heterocycles. The van der Waals surface area contributed by atoms with E-state index in [-0.39, 0.29) is 12.2 Å². The number of rotatable bonds is 9. The van der Waals surface area contributed by atoms with E-state index in [1.807, 2.05) is 24.3 Å². The summed E-state index contributed by atoms with van der Waals surface area (Å²) in [7, 11) is 0.736. The van der Waals surface area contributed by atoms with Crippen LogP contribution < -0.4 is 15.7 Å². The van der Waals surface area contributed by atoms with Gasteiger partial charge >= 0.3 is 5.69 Å². The molecule has 5 atom stereocenters. The fourth-order valence-electron chi connectivity index (χ4n) is 5.01. The van der Waals surface area contributed by atoms with Gasteiger partial charge in [-0.1, -0.05) is 25.5 Å². The minimum Gasteiger partial charge on any atom is -0.450 e. The van der Waals surface area contributed by atoms with Gasteiger partial charge in [0.25, 0.3) is 0 Å². The number of para-hydroxylation sites is 2. The van der Waals surface area contributed by atoms with Gasteiger partial charge in [0.05, 0.1) is 18.0 Å². The molecule has 2 aliphatic rings. The zero-order valence-corrected chi connectivity index (χ0v) is 22.5. The summed E-state index contributed by atoms with van der Waals surface area (Å²) in [5.41, 5.74) is 0.330. The SMILES string of the molecule is CCCC1OC(n2cc3c(nc2=O)Nc2ccccc2O3)C(OC)C1OP(C)N(C(C)C)C(C)C. The Morgan fingerprint density at radius 3 is 2.54 bits per heavy atom. The number of hydrogen-bond donors (Lipinski definition) is 1. The quantitative estimate of drug-likeness (QED) is 0.396. The van der Waals surface area contributed by atoms with E-state index in [0.717, 1.165) is 18.5 Å². The third kappa shape index (κ3) is 5.25. The molecule has 0 spiro atoms. The van der Waals surface area contributed by atoms with Gasteiger partial charge in [-0.3, -0.25) is 9.24 Å². The molecule has 35 heavy (non-hydrogen) atoms. The minimum absolute atomic E-state index is 0.205. The van der Waals surface area contributed by atoms with E-state index in [1.54, 1.807) is 13.3 Å². The molecule has 3 heterocycles. The van der Waals surface area contributed by atoms with Crippen LogP contribution in [0.2, 0.25) is 0 Å². The van der Waals surface area contributed by atoms with Crippen molar-refractivity contribution in [3.63, 3.8) is 0 Å². The van der Waals surface area contributed by atoms with E-state index in [2.05, 4.69) is 56.3 Å². The highest BCUT2D eigenvalue weighted by atomic mass is 31.2. The number of ether oxygens (including phenoxy) is 3. The van der Waals surface area contributed by atoms with Crippen molar-refractivity contribution < 1.29 is 18.7 Å². The standard InChI is InChI=1S/C25H37N4O5P/c1-8-11-19-21(34-35(7)29(15(2)3)16(4)5)22(31-6)24(33-19)28-14-20-23(27-25(28)30)26-17-12-9-10-13-18(17)32-20/h9-10,12-16,19,21-22,24H,8,11H2,1-7H3,(H,26,27,30). The first-order valence-electron chi connectivity index (χ1n) is 12.3. The third-order valence-corrected chi connectivity index (χ3v) is 8.46. The molecule has 0 saturated carbocycles. The molecule has 192 valence electrons. The van der Waals surface area contributed by atoms with Crippen LogP contribution in [0.25, 0.3) is 0 Å². The summed E-state index contributed by atoms with van der Waals surface area (Å²) in [4.78, 5) is 17.4. The topological polar surface area (TPSA) is 87.1 Å². The second-order valence-electron chi connectivity index (χ2n) is 9.52. The van der Waals surface area contributed by atoms with E-state index in [9.17, 15) is 4.79 Å². The Morgan fingerprint density at radius 1 is 1.17 bits per heavy atom. The molecule has 1 aromatic heterocycles. The normalized spacial score (nSPS) is 24.3. The van der Waals surface area contributed by atoms with Gasteiger partial charge in [0, 0.05) is 19.2 Å². The number of aromatic nitrogens is 2. The number of fused-ring (bicyclic) bond motifs is 2. The number of nitrogens with zero attached hydrogens (tertiary/aromatic N) is 3. The van der Waals surface area contributed by atoms with Crippen LogP contribution in [0.5, 0.6) is 11.5 Å². The average molecular weight is 505 g/mol. The fraction of sp³-hybridized carbons (Fsp3) is 0.600. The largest absolute Gasteiger partial charge is 0.450 e. The molecule has 4 rings (SSSR count). The molecule has 1 saturated heterocycles. The highest BCUT2D eigenvalue weighted by molar-refractivity contribution is 7.49. The Kier molecular flexibility index (Phi) is 8.13. The molecule has 0 bridgehead atoms. The molecule has 9 nitrogen and oxygen atoms in total. The Bertz CT molecular complexity index is 1070. The van der Waals surface area contributed by atoms with Crippen molar-refractivity contribution in [2.24, 2.45) is 0 Å². The van der Waals surface area contributed by atoms with Crippen molar-refractivity contribution >= 4 is 19.8 Å². The molecule has 1 fully saturated rings. The first kappa shape index (κ1) is 26.0. The predicted molar refractivity (Wildman–Crippen MR) is 138 cm³/mol. The van der Waals surface area contributed by atoms with Crippen LogP contribution in [0.15, 0.2) is 35.3 Å². The third-order valence-electron chi connectivity index (χ3n) is 6.34. The maximum absolute atomic E-state index is 13.1. The van der Waals surface area contributed by atoms with Crippen LogP contribution in [-0.2, 0) is 14.0 Å². The van der Waals surface area contributed by atoms with E-state index < -0.39 is 26.3 Å². The molecule has 1 N–H and O–H groups in total. The number of anilines is 2. The van der Waals surface area contributed by atoms with Crippen molar-refractivity contribution in [3.05, 3.63) is 40.9 Å². The molecule has 2 aromatic rings. The van der Waals surface area contributed by atoms with Gasteiger partial charge in [-0.15, -0.1) is 0 Å². The summed E-state index contributed by atoms with van der Waals surface area (Å²) in [6.45, 7) is 13.0. The van der Waals surface area contributed by atoms with E-state index >= 15 is 0 Å². The maximum atomic E-state index is 13.1. The Balaban J connectivity index is 1.63. The predicted octanol–water partition coefficient (Wildman–Crippen LogP) is 5.25. The van der Waals surface area contributed by atoms with Gasteiger partial charge in [-0.2, -0.15) is 4.98 Å². The first-order valence-corrected chi connectivity index (χ1v) is 13.9. The van der Waals surface area contributed by atoms with Crippen LogP contribution in [0, 0.1) is 0 Å². The molecule has 0 amide bonds.